The minimum Gasteiger partial charge on any atom is -0.307 e. The summed E-state index contributed by atoms with van der Waals surface area (Å²) in [5.74, 6) is -0.210. The second-order valence-electron chi connectivity index (χ2n) is 7.78. The van der Waals surface area contributed by atoms with E-state index in [-0.39, 0.29) is 23.8 Å². The zero-order valence-electron chi connectivity index (χ0n) is 16.7. The van der Waals surface area contributed by atoms with Crippen molar-refractivity contribution in [1.29, 1.82) is 0 Å². The summed E-state index contributed by atoms with van der Waals surface area (Å²) in [6, 6.07) is 6.47. The predicted molar refractivity (Wildman–Crippen MR) is 109 cm³/mol. The summed E-state index contributed by atoms with van der Waals surface area (Å²) in [6.45, 7) is 2.83. The van der Waals surface area contributed by atoms with Crippen LogP contribution in [0.25, 0.3) is 0 Å². The highest BCUT2D eigenvalue weighted by Crippen LogP contribution is 2.31. The van der Waals surface area contributed by atoms with Gasteiger partial charge in [0, 0.05) is 24.2 Å². The number of carbonyl (C=O) groups excluding carboxylic acids is 3. The number of nitrogens with one attached hydrogen (secondary N) is 1. The highest BCUT2D eigenvalue weighted by Gasteiger charge is 2.40. The molecule has 1 aromatic heterocycles. The van der Waals surface area contributed by atoms with Crippen LogP contribution in [0.2, 0.25) is 0 Å². The maximum absolute atomic E-state index is 12.9. The Morgan fingerprint density at radius 3 is 2.62 bits per heavy atom. The van der Waals surface area contributed by atoms with E-state index in [2.05, 4.69) is 17.3 Å². The average molecular weight is 394 g/mol. The molecule has 7 nitrogen and oxygen atoms in total. The lowest BCUT2D eigenvalue weighted by Gasteiger charge is -2.29. The number of unbranched alkanes of at least 4 members (excludes halogenated alkanes) is 1. The van der Waals surface area contributed by atoms with E-state index in [4.69, 9.17) is 0 Å². The van der Waals surface area contributed by atoms with Gasteiger partial charge < -0.3 is 5.32 Å². The minimum atomic E-state index is -0.317. The summed E-state index contributed by atoms with van der Waals surface area (Å²) in [5, 5.41) is 7.10. The largest absolute Gasteiger partial charge is 0.307 e. The van der Waals surface area contributed by atoms with Crippen molar-refractivity contribution in [2.75, 3.05) is 5.32 Å². The van der Waals surface area contributed by atoms with Crippen LogP contribution in [0.4, 0.5) is 5.82 Å². The summed E-state index contributed by atoms with van der Waals surface area (Å²) < 4.78 is 1.76. The number of amides is 3. The van der Waals surface area contributed by atoms with Crippen molar-refractivity contribution in [3.8, 4) is 0 Å². The molecule has 1 aliphatic carbocycles. The predicted octanol–water partition coefficient (Wildman–Crippen LogP) is 3.86. The molecule has 3 amide bonds. The molecule has 2 aromatic rings. The second kappa shape index (κ2) is 8.19. The molecule has 0 unspecified atom stereocenters. The van der Waals surface area contributed by atoms with Crippen molar-refractivity contribution in [1.82, 2.24) is 14.7 Å². The fourth-order valence-corrected chi connectivity index (χ4v) is 4.18. The average Bonchev–Trinajstić information content (AvgIpc) is 3.28. The monoisotopic (exact) mass is 394 g/mol. The Labute approximate surface area is 170 Å². The van der Waals surface area contributed by atoms with Gasteiger partial charge in [-0.25, -0.2) is 4.68 Å². The van der Waals surface area contributed by atoms with Crippen LogP contribution < -0.4 is 5.32 Å². The van der Waals surface area contributed by atoms with E-state index in [1.54, 1.807) is 35.1 Å². The summed E-state index contributed by atoms with van der Waals surface area (Å²) in [6.07, 6.45) is 8.61. The zero-order valence-corrected chi connectivity index (χ0v) is 16.7. The molecule has 0 atom stereocenters. The van der Waals surface area contributed by atoms with Crippen LogP contribution in [0.3, 0.4) is 0 Å². The molecule has 0 radical (unpaired) electrons. The topological polar surface area (TPSA) is 84.3 Å². The number of fused-ring (bicyclic) bond motifs is 1. The number of hydrogen-bond acceptors (Lipinski definition) is 4. The molecule has 0 bridgehead atoms. The number of anilines is 1. The first-order valence-electron chi connectivity index (χ1n) is 10.4. The molecule has 7 heteroatoms. The summed E-state index contributed by atoms with van der Waals surface area (Å²) in [4.78, 5) is 39.9. The first-order valence-corrected chi connectivity index (χ1v) is 10.4. The molecule has 0 saturated heterocycles. The maximum Gasteiger partial charge on any atom is 0.261 e. The third kappa shape index (κ3) is 3.69. The molecule has 1 aliphatic heterocycles. The van der Waals surface area contributed by atoms with E-state index < -0.39 is 0 Å². The number of aromatic nitrogens is 2. The number of rotatable bonds is 6. The third-order valence-corrected chi connectivity index (χ3v) is 5.80. The van der Waals surface area contributed by atoms with Crippen molar-refractivity contribution < 1.29 is 14.4 Å². The van der Waals surface area contributed by atoms with Crippen LogP contribution in [0.5, 0.6) is 0 Å². The number of aryl methyl sites for hydroxylation is 1. The molecule has 2 aliphatic rings. The maximum atomic E-state index is 12.9. The lowest BCUT2D eigenvalue weighted by Crippen LogP contribution is -2.40. The van der Waals surface area contributed by atoms with Gasteiger partial charge in [-0.1, -0.05) is 32.6 Å². The van der Waals surface area contributed by atoms with E-state index in [0.29, 0.717) is 22.5 Å². The lowest BCUT2D eigenvalue weighted by atomic mass is 9.94. The van der Waals surface area contributed by atoms with Gasteiger partial charge in [-0.05, 0) is 37.5 Å². The van der Waals surface area contributed by atoms with Gasteiger partial charge >= 0.3 is 0 Å². The minimum absolute atomic E-state index is 0.0265. The molecule has 1 saturated carbocycles. The first-order chi connectivity index (χ1) is 14.1. The smallest absolute Gasteiger partial charge is 0.261 e. The van der Waals surface area contributed by atoms with E-state index in [9.17, 15) is 14.4 Å². The Kier molecular flexibility index (Phi) is 5.47. The van der Waals surface area contributed by atoms with Crippen molar-refractivity contribution >= 4 is 23.5 Å². The molecule has 1 fully saturated rings. The van der Waals surface area contributed by atoms with Gasteiger partial charge in [-0.2, -0.15) is 5.10 Å². The normalized spacial score (nSPS) is 16.9. The van der Waals surface area contributed by atoms with Crippen molar-refractivity contribution in [3.05, 3.63) is 47.2 Å². The number of imide groups is 1. The lowest BCUT2D eigenvalue weighted by molar-refractivity contribution is 0.0549. The van der Waals surface area contributed by atoms with E-state index in [0.717, 1.165) is 51.5 Å². The molecule has 4 rings (SSSR count). The fourth-order valence-electron chi connectivity index (χ4n) is 4.18. The van der Waals surface area contributed by atoms with E-state index in [1.807, 2.05) is 0 Å². The zero-order chi connectivity index (χ0) is 20.4. The first kappa shape index (κ1) is 19.4. The molecule has 29 heavy (non-hydrogen) atoms. The van der Waals surface area contributed by atoms with Crippen LogP contribution in [0.1, 0.15) is 82.9 Å². The van der Waals surface area contributed by atoms with Crippen molar-refractivity contribution in [3.63, 3.8) is 0 Å². The molecule has 1 aromatic carbocycles. The Hall–Kier alpha value is -2.96. The summed E-state index contributed by atoms with van der Waals surface area (Å²) in [7, 11) is 0. The molecule has 1 N–H and O–H groups in total. The number of nitrogens with zero attached hydrogens (tertiary/aromatic N) is 3. The van der Waals surface area contributed by atoms with Gasteiger partial charge in [-0.3, -0.25) is 19.3 Å². The molecular weight excluding hydrogens is 368 g/mol. The summed E-state index contributed by atoms with van der Waals surface area (Å²) in [5.41, 5.74) is 1.08. The number of benzene rings is 1. The molecule has 152 valence electrons. The quantitative estimate of drug-likeness (QED) is 0.754. The molecule has 2 heterocycles. The van der Waals surface area contributed by atoms with Crippen LogP contribution in [-0.4, -0.2) is 38.4 Å². The summed E-state index contributed by atoms with van der Waals surface area (Å²) >= 11 is 0. The highest BCUT2D eigenvalue weighted by molar-refractivity contribution is 6.22. The van der Waals surface area contributed by atoms with E-state index in [1.165, 1.54) is 4.90 Å². The van der Waals surface area contributed by atoms with Gasteiger partial charge in [-0.15, -0.1) is 0 Å². The van der Waals surface area contributed by atoms with Gasteiger partial charge in [0.25, 0.3) is 17.7 Å². The van der Waals surface area contributed by atoms with Gasteiger partial charge in [0.2, 0.25) is 0 Å². The Balaban J connectivity index is 1.53. The molecule has 0 spiro atoms. The molecular formula is C22H26N4O3. The van der Waals surface area contributed by atoms with Gasteiger partial charge in [0.1, 0.15) is 5.82 Å². The number of hydrogen-bond donors (Lipinski definition) is 1. The Morgan fingerprint density at radius 1 is 1.10 bits per heavy atom. The van der Waals surface area contributed by atoms with Crippen molar-refractivity contribution in [2.24, 2.45) is 0 Å². The van der Waals surface area contributed by atoms with Gasteiger partial charge in [0.05, 0.1) is 17.3 Å². The Morgan fingerprint density at radius 2 is 1.86 bits per heavy atom. The Bertz CT molecular complexity index is 943. The second-order valence-corrected chi connectivity index (χ2v) is 7.78. The van der Waals surface area contributed by atoms with Crippen LogP contribution >= 0.6 is 0 Å². The fraction of sp³-hybridized carbons (Fsp3) is 0.455. The standard InChI is InChI=1S/C22H26N4O3/c1-2-3-13-25-19(11-12-23-25)24-20(27)15-9-10-17-18(14-15)22(29)26(21(17)28)16-7-5-4-6-8-16/h9-12,14,16H,2-8,13H2,1H3,(H,24,27). The van der Waals surface area contributed by atoms with Crippen LogP contribution in [0.15, 0.2) is 30.5 Å². The van der Waals surface area contributed by atoms with Gasteiger partial charge in [0.15, 0.2) is 0 Å². The van der Waals surface area contributed by atoms with Crippen molar-refractivity contribution in [2.45, 2.75) is 64.5 Å². The third-order valence-electron chi connectivity index (χ3n) is 5.80. The number of carbonyl (C=O) groups is 3. The van der Waals surface area contributed by atoms with Crippen LogP contribution in [0, 0.1) is 0 Å². The van der Waals surface area contributed by atoms with Crippen LogP contribution in [-0.2, 0) is 6.54 Å². The SMILES string of the molecule is CCCCn1nccc1NC(=O)c1ccc2c(c1)C(=O)N(C1CCCCC1)C2=O. The highest BCUT2D eigenvalue weighted by atomic mass is 16.2. The van der Waals surface area contributed by atoms with E-state index >= 15 is 0 Å².